The highest BCUT2D eigenvalue weighted by Crippen LogP contribution is 2.24. The van der Waals surface area contributed by atoms with Crippen LogP contribution in [0.15, 0.2) is 24.4 Å². The molecule has 1 unspecified atom stereocenters. The lowest BCUT2D eigenvalue weighted by Gasteiger charge is -2.23. The van der Waals surface area contributed by atoms with Crippen molar-refractivity contribution in [2.24, 2.45) is 0 Å². The van der Waals surface area contributed by atoms with Crippen molar-refractivity contribution < 1.29 is 0 Å². The minimum absolute atomic E-state index is 0.113. The van der Waals surface area contributed by atoms with E-state index in [4.69, 9.17) is 16.9 Å². The molecule has 2 aromatic rings. The average Bonchev–Trinajstić information content (AvgIpc) is 2.76. The first-order chi connectivity index (χ1) is 8.69. The van der Waals surface area contributed by atoms with Crippen molar-refractivity contribution in [1.82, 2.24) is 9.38 Å². The maximum atomic E-state index is 8.77. The van der Waals surface area contributed by atoms with Gasteiger partial charge in [-0.1, -0.05) is 6.07 Å². The first-order valence-corrected chi connectivity index (χ1v) is 6.34. The van der Waals surface area contributed by atoms with Crippen LogP contribution in [-0.2, 0) is 5.88 Å². The number of imidazole rings is 1. The molecule has 0 aliphatic heterocycles. The predicted molar refractivity (Wildman–Crippen MR) is 72.8 cm³/mol. The maximum Gasteiger partial charge on any atom is 0.152 e. The van der Waals surface area contributed by atoms with Gasteiger partial charge in [0.05, 0.1) is 24.1 Å². The Balaban J connectivity index is 2.47. The number of hydrogen-bond acceptors (Lipinski definition) is 3. The summed E-state index contributed by atoms with van der Waals surface area (Å²) in [6, 6.07) is 8.14. The highest BCUT2D eigenvalue weighted by Gasteiger charge is 2.18. The van der Waals surface area contributed by atoms with E-state index in [0.29, 0.717) is 12.3 Å². The molecule has 0 N–H and O–H groups in total. The van der Waals surface area contributed by atoms with Crippen molar-refractivity contribution in [3.8, 4) is 6.07 Å². The summed E-state index contributed by atoms with van der Waals surface area (Å²) in [6.45, 7) is 2.01. The largest absolute Gasteiger partial charge is 0.354 e. The van der Waals surface area contributed by atoms with Crippen molar-refractivity contribution in [2.75, 3.05) is 11.9 Å². The number of nitriles is 1. The van der Waals surface area contributed by atoms with Crippen molar-refractivity contribution in [2.45, 2.75) is 25.3 Å². The molecule has 0 fully saturated rings. The zero-order valence-corrected chi connectivity index (χ0v) is 11.2. The van der Waals surface area contributed by atoms with Gasteiger partial charge < -0.3 is 9.30 Å². The summed E-state index contributed by atoms with van der Waals surface area (Å²) in [5.74, 6) is 1.24. The molecule has 0 saturated heterocycles. The predicted octanol–water partition coefficient (Wildman–Crippen LogP) is 2.81. The Morgan fingerprint density at radius 3 is 3.00 bits per heavy atom. The molecule has 0 saturated carbocycles. The fraction of sp³-hybridized carbons (Fsp3) is 0.385. The van der Waals surface area contributed by atoms with E-state index >= 15 is 0 Å². The Hall–Kier alpha value is -1.73. The van der Waals surface area contributed by atoms with Crippen molar-refractivity contribution in [3.63, 3.8) is 0 Å². The summed E-state index contributed by atoms with van der Waals surface area (Å²) in [4.78, 5) is 6.59. The number of anilines is 1. The minimum Gasteiger partial charge on any atom is -0.354 e. The van der Waals surface area contributed by atoms with E-state index in [9.17, 15) is 0 Å². The molecule has 0 aliphatic rings. The highest BCUT2D eigenvalue weighted by molar-refractivity contribution is 6.17. The van der Waals surface area contributed by atoms with E-state index in [1.165, 1.54) is 0 Å². The number of fused-ring (bicyclic) bond motifs is 1. The van der Waals surface area contributed by atoms with Crippen LogP contribution in [0.1, 0.15) is 19.0 Å². The number of aromatic nitrogens is 2. The molecule has 5 heteroatoms. The van der Waals surface area contributed by atoms with Crippen LogP contribution in [-0.4, -0.2) is 22.5 Å². The second-order valence-electron chi connectivity index (χ2n) is 4.27. The smallest absolute Gasteiger partial charge is 0.152 e. The standard InChI is InChI=1S/C13H15ClN4/c1-10(6-7-15)17(2)13-11(9-14)18-8-4-3-5-12(18)16-13/h3-5,8,10H,6,9H2,1-2H3. The van der Waals surface area contributed by atoms with Gasteiger partial charge in [-0.25, -0.2) is 4.98 Å². The van der Waals surface area contributed by atoms with Crippen LogP contribution < -0.4 is 4.90 Å². The number of rotatable bonds is 4. The second kappa shape index (κ2) is 5.28. The summed E-state index contributed by atoms with van der Waals surface area (Å²) < 4.78 is 1.98. The molecule has 0 aliphatic carbocycles. The molecule has 4 nitrogen and oxygen atoms in total. The summed E-state index contributed by atoms with van der Waals surface area (Å²) >= 11 is 6.03. The fourth-order valence-corrected chi connectivity index (χ4v) is 2.17. The van der Waals surface area contributed by atoms with Crippen LogP contribution in [0.4, 0.5) is 5.82 Å². The summed E-state index contributed by atoms with van der Waals surface area (Å²) in [7, 11) is 1.94. The third-order valence-corrected chi connectivity index (χ3v) is 3.37. The monoisotopic (exact) mass is 262 g/mol. The zero-order valence-electron chi connectivity index (χ0n) is 10.5. The van der Waals surface area contributed by atoms with Crippen LogP contribution in [0.5, 0.6) is 0 Å². The van der Waals surface area contributed by atoms with Gasteiger partial charge in [0, 0.05) is 19.3 Å². The van der Waals surface area contributed by atoms with E-state index in [1.807, 2.05) is 47.7 Å². The maximum absolute atomic E-state index is 8.77. The third kappa shape index (κ3) is 2.14. The molecule has 0 radical (unpaired) electrons. The van der Waals surface area contributed by atoms with Crippen molar-refractivity contribution in [1.29, 1.82) is 5.26 Å². The molecule has 0 spiro atoms. The Kier molecular flexibility index (Phi) is 3.73. The quantitative estimate of drug-likeness (QED) is 0.796. The lowest BCUT2D eigenvalue weighted by molar-refractivity contribution is 0.693. The lowest BCUT2D eigenvalue weighted by atomic mass is 10.2. The van der Waals surface area contributed by atoms with E-state index in [1.54, 1.807) is 0 Å². The lowest BCUT2D eigenvalue weighted by Crippen LogP contribution is -2.29. The number of nitrogens with zero attached hydrogens (tertiary/aromatic N) is 4. The van der Waals surface area contributed by atoms with Gasteiger partial charge >= 0.3 is 0 Å². The van der Waals surface area contributed by atoms with Crippen LogP contribution in [0.2, 0.25) is 0 Å². The van der Waals surface area contributed by atoms with E-state index in [-0.39, 0.29) is 6.04 Å². The summed E-state index contributed by atoms with van der Waals surface area (Å²) in [6.07, 6.45) is 2.42. The van der Waals surface area contributed by atoms with Gasteiger partial charge in [-0.3, -0.25) is 0 Å². The Morgan fingerprint density at radius 1 is 1.56 bits per heavy atom. The van der Waals surface area contributed by atoms with Crippen molar-refractivity contribution in [3.05, 3.63) is 30.1 Å². The molecular formula is C13H15ClN4. The molecule has 1 atom stereocenters. The molecular weight excluding hydrogens is 248 g/mol. The molecule has 94 valence electrons. The number of pyridine rings is 1. The van der Waals surface area contributed by atoms with Crippen LogP contribution in [0.25, 0.3) is 5.65 Å². The fourth-order valence-electron chi connectivity index (χ4n) is 1.92. The van der Waals surface area contributed by atoms with Gasteiger partial charge in [-0.15, -0.1) is 11.6 Å². The summed E-state index contributed by atoms with van der Waals surface area (Å²) in [5, 5.41) is 8.77. The molecule has 2 heterocycles. The second-order valence-corrected chi connectivity index (χ2v) is 4.53. The Labute approximate surface area is 111 Å². The minimum atomic E-state index is 0.113. The number of halogens is 1. The van der Waals surface area contributed by atoms with E-state index in [2.05, 4.69) is 11.1 Å². The molecule has 0 bridgehead atoms. The van der Waals surface area contributed by atoms with Gasteiger partial charge in [-0.2, -0.15) is 5.26 Å². The highest BCUT2D eigenvalue weighted by atomic mass is 35.5. The van der Waals surface area contributed by atoms with Gasteiger partial charge in [0.25, 0.3) is 0 Å². The Morgan fingerprint density at radius 2 is 2.33 bits per heavy atom. The Bertz CT molecular complexity index is 584. The van der Waals surface area contributed by atoms with Gasteiger partial charge in [0.15, 0.2) is 5.82 Å². The molecule has 2 rings (SSSR count). The van der Waals surface area contributed by atoms with Gasteiger partial charge in [0.1, 0.15) is 5.65 Å². The van der Waals surface area contributed by atoms with Gasteiger partial charge in [0.2, 0.25) is 0 Å². The molecule has 0 amide bonds. The zero-order chi connectivity index (χ0) is 13.1. The molecule has 18 heavy (non-hydrogen) atoms. The van der Waals surface area contributed by atoms with E-state index in [0.717, 1.165) is 17.2 Å². The molecule has 2 aromatic heterocycles. The average molecular weight is 263 g/mol. The van der Waals surface area contributed by atoms with Crippen LogP contribution in [0.3, 0.4) is 0 Å². The van der Waals surface area contributed by atoms with E-state index < -0.39 is 0 Å². The normalized spacial score (nSPS) is 12.3. The number of hydrogen-bond donors (Lipinski definition) is 0. The van der Waals surface area contributed by atoms with Crippen LogP contribution >= 0.6 is 11.6 Å². The topological polar surface area (TPSA) is 44.3 Å². The third-order valence-electron chi connectivity index (χ3n) is 3.12. The first-order valence-electron chi connectivity index (χ1n) is 5.80. The number of alkyl halides is 1. The SMILES string of the molecule is CC(CC#N)N(C)c1nc2ccccn2c1CCl. The van der Waals surface area contributed by atoms with Crippen molar-refractivity contribution >= 4 is 23.1 Å². The summed E-state index contributed by atoms with van der Waals surface area (Å²) in [5.41, 5.74) is 1.83. The van der Waals surface area contributed by atoms with Crippen LogP contribution in [0, 0.1) is 11.3 Å². The van der Waals surface area contributed by atoms with Gasteiger partial charge in [-0.05, 0) is 19.1 Å². The first kappa shape index (κ1) is 12.7. The molecule has 0 aromatic carbocycles.